The Morgan fingerprint density at radius 1 is 1.24 bits per heavy atom. The summed E-state index contributed by atoms with van der Waals surface area (Å²) in [5.74, 6) is -0.122. The molecule has 1 saturated heterocycles. The molecular weight excluding hydrogens is 396 g/mol. The molecule has 0 radical (unpaired) electrons. The molecule has 2 aliphatic rings. The number of carbonyl (C=O) groups excluding carboxylic acids is 1. The highest BCUT2D eigenvalue weighted by Crippen LogP contribution is 2.33. The van der Waals surface area contributed by atoms with Gasteiger partial charge in [0.1, 0.15) is 0 Å². The Morgan fingerprint density at radius 3 is 2.59 bits per heavy atom. The summed E-state index contributed by atoms with van der Waals surface area (Å²) < 4.78 is 31.6. The van der Waals surface area contributed by atoms with Crippen LogP contribution in [0, 0.1) is 0 Å². The number of rotatable bonds is 7. The van der Waals surface area contributed by atoms with E-state index in [0.29, 0.717) is 43.9 Å². The lowest BCUT2D eigenvalue weighted by molar-refractivity contribution is -0.110. The van der Waals surface area contributed by atoms with Crippen molar-refractivity contribution in [2.45, 2.75) is 35.5 Å². The molecule has 1 atom stereocenters. The van der Waals surface area contributed by atoms with Crippen molar-refractivity contribution in [3.05, 3.63) is 42.1 Å². The van der Waals surface area contributed by atoms with Crippen LogP contribution >= 0.6 is 0 Å². The van der Waals surface area contributed by atoms with E-state index in [1.54, 1.807) is 36.1 Å². The molecule has 2 aromatic rings. The van der Waals surface area contributed by atoms with Gasteiger partial charge in [-0.25, -0.2) is 8.42 Å². The molecule has 1 aromatic carbocycles. The molecule has 1 aliphatic heterocycles. The number of benzene rings is 1. The second kappa shape index (κ2) is 7.96. The quantitative estimate of drug-likeness (QED) is 0.539. The normalized spacial score (nSPS) is 19.9. The largest absolute Gasteiger partial charge is 0.389 e. The Hall–Kier alpha value is -2.72. The summed E-state index contributed by atoms with van der Waals surface area (Å²) in [7, 11) is -1.56. The van der Waals surface area contributed by atoms with Gasteiger partial charge in [-0.1, -0.05) is 17.3 Å². The lowest BCUT2D eigenvalue weighted by Crippen LogP contribution is -2.25. The molecule has 29 heavy (non-hydrogen) atoms. The van der Waals surface area contributed by atoms with Crippen LogP contribution in [0.1, 0.15) is 24.8 Å². The molecule has 1 N–H and O–H groups in total. The number of oxime groups is 1. The summed E-state index contributed by atoms with van der Waals surface area (Å²) in [6.07, 6.45) is 3.57. The number of ether oxygens (including phenoxy) is 1. The Bertz CT molecular complexity index is 1020. The number of aromatic nitrogens is 2. The van der Waals surface area contributed by atoms with Crippen molar-refractivity contribution in [2.24, 2.45) is 12.2 Å². The number of sulfone groups is 1. The SMILES string of the molecule is Cn1ccc(NC(=O)C(=NO[C@@H]2CCOC2)c2ccc(S(=O)(=O)C3CC3)cc2)n1. The topological polar surface area (TPSA) is 112 Å². The molecule has 1 aliphatic carbocycles. The lowest BCUT2D eigenvalue weighted by Gasteiger charge is -2.10. The van der Waals surface area contributed by atoms with Gasteiger partial charge >= 0.3 is 0 Å². The van der Waals surface area contributed by atoms with Crippen molar-refractivity contribution in [1.29, 1.82) is 0 Å². The standard InChI is InChI=1S/C19H22N4O5S/c1-23-10-8-17(21-23)20-19(24)18(22-28-14-9-11-27-12-14)13-2-4-15(5-3-13)29(25,26)16-6-7-16/h2-5,8,10,14,16H,6-7,9,11-12H2,1H3,(H,20,21,24)/t14-/m1/s1. The van der Waals surface area contributed by atoms with E-state index in [1.165, 1.54) is 12.1 Å². The van der Waals surface area contributed by atoms with Gasteiger partial charge in [-0.2, -0.15) is 5.10 Å². The van der Waals surface area contributed by atoms with Crippen molar-refractivity contribution in [3.8, 4) is 0 Å². The second-order valence-corrected chi connectivity index (χ2v) is 9.36. The molecule has 1 aromatic heterocycles. The van der Waals surface area contributed by atoms with Crippen LogP contribution < -0.4 is 5.32 Å². The first-order valence-electron chi connectivity index (χ1n) is 9.40. The maximum absolute atomic E-state index is 12.8. The van der Waals surface area contributed by atoms with Crippen molar-refractivity contribution >= 4 is 27.3 Å². The van der Waals surface area contributed by atoms with Gasteiger partial charge in [-0.05, 0) is 25.0 Å². The predicted octanol–water partition coefficient (Wildman–Crippen LogP) is 1.50. The van der Waals surface area contributed by atoms with Crippen molar-refractivity contribution in [2.75, 3.05) is 18.5 Å². The van der Waals surface area contributed by atoms with Crippen molar-refractivity contribution in [3.63, 3.8) is 0 Å². The highest BCUT2D eigenvalue weighted by molar-refractivity contribution is 7.92. The zero-order valence-corrected chi connectivity index (χ0v) is 16.8. The molecular formula is C19H22N4O5S. The van der Waals surface area contributed by atoms with Gasteiger partial charge in [-0.15, -0.1) is 0 Å². The minimum Gasteiger partial charge on any atom is -0.389 e. The van der Waals surface area contributed by atoms with E-state index in [4.69, 9.17) is 9.57 Å². The van der Waals surface area contributed by atoms with Crippen LogP contribution in [-0.4, -0.2) is 54.4 Å². The molecule has 154 valence electrons. The molecule has 0 bridgehead atoms. The van der Waals surface area contributed by atoms with Gasteiger partial charge in [0.25, 0.3) is 5.91 Å². The van der Waals surface area contributed by atoms with Crippen LogP contribution in [0.15, 0.2) is 46.6 Å². The molecule has 2 fully saturated rings. The second-order valence-electron chi connectivity index (χ2n) is 7.13. The number of hydrogen-bond acceptors (Lipinski definition) is 7. The molecule has 0 unspecified atom stereocenters. The highest BCUT2D eigenvalue weighted by atomic mass is 32.2. The predicted molar refractivity (Wildman–Crippen MR) is 105 cm³/mol. The smallest absolute Gasteiger partial charge is 0.279 e. The third kappa shape index (κ3) is 4.48. The number of nitrogens with one attached hydrogen (secondary N) is 1. The van der Waals surface area contributed by atoms with Crippen LogP contribution in [0.2, 0.25) is 0 Å². The van der Waals surface area contributed by atoms with Crippen LogP contribution in [0.5, 0.6) is 0 Å². The van der Waals surface area contributed by atoms with Gasteiger partial charge in [-0.3, -0.25) is 9.48 Å². The summed E-state index contributed by atoms with van der Waals surface area (Å²) in [6.45, 7) is 1.00. The number of hydrogen-bond donors (Lipinski definition) is 1. The molecule has 2 heterocycles. The monoisotopic (exact) mass is 418 g/mol. The number of nitrogens with zero attached hydrogens (tertiary/aromatic N) is 3. The molecule has 1 amide bonds. The van der Waals surface area contributed by atoms with Gasteiger partial charge in [0.15, 0.2) is 27.5 Å². The summed E-state index contributed by atoms with van der Waals surface area (Å²) >= 11 is 0. The number of aryl methyl sites for hydroxylation is 1. The first-order chi connectivity index (χ1) is 13.9. The van der Waals surface area contributed by atoms with E-state index in [2.05, 4.69) is 15.6 Å². The summed E-state index contributed by atoms with van der Waals surface area (Å²) in [5, 5.41) is 10.6. The molecule has 4 rings (SSSR count). The van der Waals surface area contributed by atoms with Crippen LogP contribution in [-0.2, 0) is 31.3 Å². The first-order valence-corrected chi connectivity index (χ1v) is 10.9. The van der Waals surface area contributed by atoms with Gasteiger partial charge in [0.05, 0.1) is 23.4 Å². The number of carbonyl (C=O) groups is 1. The third-order valence-corrected chi connectivity index (χ3v) is 7.05. The van der Waals surface area contributed by atoms with Gasteiger partial charge < -0.3 is 14.9 Å². The van der Waals surface area contributed by atoms with Crippen molar-refractivity contribution in [1.82, 2.24) is 9.78 Å². The van der Waals surface area contributed by atoms with Crippen molar-refractivity contribution < 1.29 is 22.8 Å². The maximum Gasteiger partial charge on any atom is 0.279 e. The maximum atomic E-state index is 12.8. The minimum absolute atomic E-state index is 0.0397. The van der Waals surface area contributed by atoms with Gasteiger partial charge in [0.2, 0.25) is 0 Å². The minimum atomic E-state index is -3.30. The van der Waals surface area contributed by atoms with E-state index in [-0.39, 0.29) is 22.0 Å². The Balaban J connectivity index is 1.58. The third-order valence-electron chi connectivity index (χ3n) is 4.77. The highest BCUT2D eigenvalue weighted by Gasteiger charge is 2.36. The number of anilines is 1. The van der Waals surface area contributed by atoms with Crippen LogP contribution in [0.25, 0.3) is 0 Å². The summed E-state index contributed by atoms with van der Waals surface area (Å²) in [4.78, 5) is 18.5. The Morgan fingerprint density at radius 2 is 2.00 bits per heavy atom. The average Bonchev–Trinajstić information content (AvgIpc) is 3.31. The molecule has 1 saturated carbocycles. The zero-order chi connectivity index (χ0) is 20.4. The van der Waals surface area contributed by atoms with Gasteiger partial charge in [0, 0.05) is 31.3 Å². The lowest BCUT2D eigenvalue weighted by atomic mass is 10.1. The van der Waals surface area contributed by atoms with Crippen LogP contribution in [0.4, 0.5) is 5.82 Å². The average molecular weight is 418 g/mol. The molecule has 10 heteroatoms. The van der Waals surface area contributed by atoms with E-state index in [1.807, 2.05) is 0 Å². The van der Waals surface area contributed by atoms with E-state index in [9.17, 15) is 13.2 Å². The fourth-order valence-corrected chi connectivity index (χ4v) is 4.64. The molecule has 9 nitrogen and oxygen atoms in total. The Kier molecular flexibility index (Phi) is 5.37. The fourth-order valence-electron chi connectivity index (χ4n) is 2.98. The Labute approximate surface area is 168 Å². The number of amides is 1. The van der Waals surface area contributed by atoms with E-state index < -0.39 is 15.7 Å². The van der Waals surface area contributed by atoms with E-state index in [0.717, 1.165) is 0 Å². The summed E-state index contributed by atoms with van der Waals surface area (Å²) in [6, 6.07) is 7.81. The summed E-state index contributed by atoms with van der Waals surface area (Å²) in [5.41, 5.74) is 0.491. The van der Waals surface area contributed by atoms with Crippen LogP contribution in [0.3, 0.4) is 0 Å². The van der Waals surface area contributed by atoms with E-state index >= 15 is 0 Å². The first kappa shape index (κ1) is 19.6. The molecule has 0 spiro atoms. The fraction of sp³-hybridized carbons (Fsp3) is 0.421. The zero-order valence-electron chi connectivity index (χ0n) is 15.9.